The number of anilines is 1. The molecule has 2 amide bonds. The lowest BCUT2D eigenvalue weighted by Gasteiger charge is -2.28. The van der Waals surface area contributed by atoms with E-state index in [1.54, 1.807) is 41.1 Å². The number of nitrogens with one attached hydrogen (secondary N) is 1. The molecule has 0 spiro atoms. The Labute approximate surface area is 209 Å². The van der Waals surface area contributed by atoms with E-state index in [-0.39, 0.29) is 30.8 Å². The lowest BCUT2D eigenvalue weighted by Crippen LogP contribution is -2.44. The van der Waals surface area contributed by atoms with Gasteiger partial charge in [-0.2, -0.15) is 0 Å². The molecule has 2 aromatic rings. The van der Waals surface area contributed by atoms with Crippen LogP contribution in [0.1, 0.15) is 29.8 Å². The van der Waals surface area contributed by atoms with Gasteiger partial charge in [0.2, 0.25) is 15.9 Å². The number of nitrogens with zero attached hydrogens (tertiary/aromatic N) is 3. The molecule has 0 radical (unpaired) electrons. The van der Waals surface area contributed by atoms with E-state index in [9.17, 15) is 18.0 Å². The second-order valence-corrected chi connectivity index (χ2v) is 9.69. The number of amides is 2. The zero-order valence-corrected chi connectivity index (χ0v) is 21.9. The van der Waals surface area contributed by atoms with Gasteiger partial charge >= 0.3 is 0 Å². The molecular weight excluding hydrogens is 476 g/mol. The quantitative estimate of drug-likeness (QED) is 0.474. The van der Waals surface area contributed by atoms with Crippen LogP contribution in [-0.4, -0.2) is 81.0 Å². The number of hydrogen-bond acceptors (Lipinski definition) is 5. The number of halogens is 1. The van der Waals surface area contributed by atoms with Crippen LogP contribution < -0.4 is 4.72 Å². The van der Waals surface area contributed by atoms with Crippen molar-refractivity contribution in [1.82, 2.24) is 14.7 Å². The van der Waals surface area contributed by atoms with Gasteiger partial charge in [-0.3, -0.25) is 14.3 Å². The second-order valence-electron chi connectivity index (χ2n) is 7.94. The first kappa shape index (κ1) is 29.4. The van der Waals surface area contributed by atoms with Gasteiger partial charge in [-0.05, 0) is 42.9 Å². The molecule has 0 heterocycles. The van der Waals surface area contributed by atoms with Gasteiger partial charge in [0.1, 0.15) is 6.54 Å². The Morgan fingerprint density at radius 2 is 1.50 bits per heavy atom. The molecule has 0 atom stereocenters. The molecule has 0 aromatic heterocycles. The first-order valence-electron chi connectivity index (χ1n) is 11.0. The van der Waals surface area contributed by atoms with Gasteiger partial charge in [-0.25, -0.2) is 8.42 Å². The van der Waals surface area contributed by atoms with Gasteiger partial charge in [0.15, 0.2) is 0 Å². The zero-order chi connectivity index (χ0) is 24.4. The average molecular weight is 511 g/mol. The molecule has 0 saturated heterocycles. The summed E-state index contributed by atoms with van der Waals surface area (Å²) < 4.78 is 25.2. The van der Waals surface area contributed by atoms with Crippen LogP contribution in [0.15, 0.2) is 54.6 Å². The summed E-state index contributed by atoms with van der Waals surface area (Å²) in [5.74, 6) is -0.420. The van der Waals surface area contributed by atoms with Crippen LogP contribution in [0, 0.1) is 0 Å². The molecule has 10 heteroatoms. The fraction of sp³-hybridized carbons (Fsp3) is 0.417. The summed E-state index contributed by atoms with van der Waals surface area (Å²) in [4.78, 5) is 31.5. The van der Waals surface area contributed by atoms with Gasteiger partial charge in [-0.15, -0.1) is 12.4 Å². The fourth-order valence-corrected chi connectivity index (χ4v) is 3.93. The Balaban J connectivity index is 0.00000578. The molecule has 8 nitrogen and oxygen atoms in total. The van der Waals surface area contributed by atoms with Crippen molar-refractivity contribution < 1.29 is 18.0 Å². The molecule has 1 N–H and O–H groups in total. The minimum Gasteiger partial charge on any atom is -0.340 e. The Bertz CT molecular complexity index is 1010. The van der Waals surface area contributed by atoms with E-state index in [0.717, 1.165) is 24.9 Å². The van der Waals surface area contributed by atoms with E-state index in [0.29, 0.717) is 30.9 Å². The second kappa shape index (κ2) is 13.9. The number of hydrogen-bond donors (Lipinski definition) is 1. The van der Waals surface area contributed by atoms with Gasteiger partial charge in [0.05, 0.1) is 6.26 Å². The highest BCUT2D eigenvalue weighted by Gasteiger charge is 2.21. The minimum atomic E-state index is -3.40. The summed E-state index contributed by atoms with van der Waals surface area (Å²) in [5, 5.41) is 0. The molecule has 0 aliphatic rings. The zero-order valence-electron chi connectivity index (χ0n) is 20.2. The maximum atomic E-state index is 13.2. The van der Waals surface area contributed by atoms with Crippen LogP contribution in [0.25, 0.3) is 0 Å². The lowest BCUT2D eigenvalue weighted by atomic mass is 10.1. The predicted molar refractivity (Wildman–Crippen MR) is 139 cm³/mol. The van der Waals surface area contributed by atoms with Crippen molar-refractivity contribution in [3.05, 3.63) is 65.7 Å². The highest BCUT2D eigenvalue weighted by molar-refractivity contribution is 7.92. The van der Waals surface area contributed by atoms with Gasteiger partial charge < -0.3 is 14.7 Å². The number of carbonyl (C=O) groups is 2. The van der Waals surface area contributed by atoms with Crippen LogP contribution in [-0.2, 0) is 21.4 Å². The Morgan fingerprint density at radius 1 is 0.912 bits per heavy atom. The summed E-state index contributed by atoms with van der Waals surface area (Å²) in [5.41, 5.74) is 1.79. The van der Waals surface area contributed by atoms with Crippen LogP contribution in [0.2, 0.25) is 0 Å². The maximum Gasteiger partial charge on any atom is 0.254 e. The number of benzene rings is 2. The van der Waals surface area contributed by atoms with E-state index in [1.807, 2.05) is 30.3 Å². The highest BCUT2D eigenvalue weighted by atomic mass is 35.5. The minimum absolute atomic E-state index is 0. The van der Waals surface area contributed by atoms with Crippen LogP contribution in [0.4, 0.5) is 5.69 Å². The third kappa shape index (κ3) is 9.70. The molecule has 2 rings (SSSR count). The van der Waals surface area contributed by atoms with Crippen LogP contribution in [0.3, 0.4) is 0 Å². The first-order valence-corrected chi connectivity index (χ1v) is 12.9. The predicted octanol–water partition coefficient (Wildman–Crippen LogP) is 2.92. The number of sulfonamides is 1. The molecule has 0 saturated carbocycles. The van der Waals surface area contributed by atoms with Crippen molar-refractivity contribution in [2.45, 2.75) is 20.4 Å². The van der Waals surface area contributed by atoms with Crippen molar-refractivity contribution in [3.63, 3.8) is 0 Å². The van der Waals surface area contributed by atoms with Crippen molar-refractivity contribution >= 4 is 39.9 Å². The summed E-state index contributed by atoms with van der Waals surface area (Å²) in [6, 6.07) is 15.9. The maximum absolute atomic E-state index is 13.2. The van der Waals surface area contributed by atoms with Crippen LogP contribution >= 0.6 is 12.4 Å². The summed E-state index contributed by atoms with van der Waals surface area (Å²) in [6.45, 7) is 7.32. The Morgan fingerprint density at radius 3 is 2.03 bits per heavy atom. The molecule has 34 heavy (non-hydrogen) atoms. The van der Waals surface area contributed by atoms with Crippen LogP contribution in [0.5, 0.6) is 0 Å². The molecule has 0 bridgehead atoms. The van der Waals surface area contributed by atoms with E-state index in [1.165, 1.54) is 0 Å². The third-order valence-corrected chi connectivity index (χ3v) is 5.92. The highest BCUT2D eigenvalue weighted by Crippen LogP contribution is 2.13. The summed E-state index contributed by atoms with van der Waals surface area (Å²) in [7, 11) is -1.67. The largest absolute Gasteiger partial charge is 0.340 e. The Kier molecular flexibility index (Phi) is 12.1. The number of likely N-dealkylation sites (N-methyl/N-ethyl adjacent to an activating group) is 2. The van der Waals surface area contributed by atoms with Crippen molar-refractivity contribution in [3.8, 4) is 0 Å². The third-order valence-electron chi connectivity index (χ3n) is 5.32. The normalized spacial score (nSPS) is 11.0. The molecule has 2 aromatic carbocycles. The molecule has 188 valence electrons. The Hall–Kier alpha value is -2.62. The summed E-state index contributed by atoms with van der Waals surface area (Å²) in [6.07, 6.45) is 1.07. The molecular formula is C24H35ClN4O4S. The van der Waals surface area contributed by atoms with E-state index in [2.05, 4.69) is 23.5 Å². The average Bonchev–Trinajstić information content (AvgIpc) is 2.78. The fourth-order valence-electron chi connectivity index (χ4n) is 3.36. The van der Waals surface area contributed by atoms with E-state index in [4.69, 9.17) is 0 Å². The topological polar surface area (TPSA) is 90.0 Å². The smallest absolute Gasteiger partial charge is 0.254 e. The monoisotopic (exact) mass is 510 g/mol. The van der Waals surface area contributed by atoms with Crippen molar-refractivity contribution in [1.29, 1.82) is 0 Å². The van der Waals surface area contributed by atoms with Gasteiger partial charge in [0, 0.05) is 37.9 Å². The molecule has 0 unspecified atom stereocenters. The molecule has 0 aliphatic carbocycles. The SMILES string of the molecule is CCN(CC)CCN(CC(=O)N(C)Cc1ccccc1)C(=O)c1ccc(NS(C)(=O)=O)cc1.Cl. The lowest BCUT2D eigenvalue weighted by molar-refractivity contribution is -0.131. The first-order chi connectivity index (χ1) is 15.6. The van der Waals surface area contributed by atoms with Crippen molar-refractivity contribution in [2.75, 3.05) is 50.7 Å². The number of carbonyl (C=O) groups excluding carboxylic acids is 2. The van der Waals surface area contributed by atoms with E-state index < -0.39 is 10.0 Å². The molecule has 0 aliphatic heterocycles. The van der Waals surface area contributed by atoms with Gasteiger partial charge in [-0.1, -0.05) is 44.2 Å². The molecule has 0 fully saturated rings. The van der Waals surface area contributed by atoms with Gasteiger partial charge in [0.25, 0.3) is 5.91 Å². The standard InChI is InChI=1S/C24H34N4O4S.ClH/c1-5-27(6-2)16-17-28(19-23(29)26(3)18-20-10-8-7-9-11-20)24(30)21-12-14-22(15-13-21)25-33(4,31)32;/h7-15,25H,5-6,16-19H2,1-4H3;1H. The van der Waals surface area contributed by atoms with Crippen molar-refractivity contribution in [2.24, 2.45) is 0 Å². The number of rotatable bonds is 12. The van der Waals surface area contributed by atoms with E-state index >= 15 is 0 Å². The summed E-state index contributed by atoms with van der Waals surface area (Å²) >= 11 is 0.